The summed E-state index contributed by atoms with van der Waals surface area (Å²) in [4.78, 5) is 21.4. The van der Waals surface area contributed by atoms with Gasteiger partial charge in [-0.25, -0.2) is 9.59 Å². The van der Waals surface area contributed by atoms with Crippen molar-refractivity contribution in [1.82, 2.24) is 0 Å². The molecule has 0 radical (unpaired) electrons. The first kappa shape index (κ1) is 28.8. The molecule has 0 spiro atoms. The van der Waals surface area contributed by atoms with Crippen molar-refractivity contribution in [1.29, 1.82) is 0 Å². The Morgan fingerprint density at radius 1 is 0.594 bits per heavy atom. The number of carboxylic acids is 2. The number of fused-ring (bicyclic) bond motifs is 2. The normalized spacial score (nSPS) is 9.75. The molecule has 4 N–H and O–H groups in total. The second-order valence-corrected chi connectivity index (χ2v) is 6.25. The number of aromatic hydroxyl groups is 2. The van der Waals surface area contributed by atoms with Crippen molar-refractivity contribution in [3.8, 4) is 23.0 Å². The van der Waals surface area contributed by atoms with Crippen LogP contribution in [0.25, 0.3) is 21.5 Å². The van der Waals surface area contributed by atoms with Gasteiger partial charge in [0.1, 0.15) is 11.5 Å². The molecule has 152 valence electrons. The van der Waals surface area contributed by atoms with Crippen LogP contribution in [0.2, 0.25) is 0 Å². The zero-order valence-corrected chi connectivity index (χ0v) is 23.4. The van der Waals surface area contributed by atoms with E-state index in [0.717, 1.165) is 12.1 Å². The Balaban J connectivity index is 0.000000301. The van der Waals surface area contributed by atoms with Crippen molar-refractivity contribution >= 4 is 33.5 Å². The molecule has 0 bridgehead atoms. The summed E-state index contributed by atoms with van der Waals surface area (Å²) in [5.74, 6) is -4.20. The first-order chi connectivity index (χ1) is 14.2. The van der Waals surface area contributed by atoms with E-state index in [-0.39, 0.29) is 125 Å². The molecule has 4 rings (SSSR count). The molecule has 0 amide bonds. The van der Waals surface area contributed by atoms with Gasteiger partial charge in [0, 0.05) is 10.8 Å². The first-order valence-electron chi connectivity index (χ1n) is 8.52. The van der Waals surface area contributed by atoms with Crippen molar-refractivity contribution in [3.05, 3.63) is 71.8 Å². The third-order valence-electron chi connectivity index (χ3n) is 4.41. The number of hydrogen-bond acceptors (Lipinski definition) is 6. The van der Waals surface area contributed by atoms with E-state index in [4.69, 9.17) is 10.2 Å². The Morgan fingerprint density at radius 3 is 1.16 bits per heavy atom. The van der Waals surface area contributed by atoms with Crippen LogP contribution < -0.4 is 113 Å². The van der Waals surface area contributed by atoms with Crippen molar-refractivity contribution in [2.24, 2.45) is 0 Å². The van der Waals surface area contributed by atoms with Crippen molar-refractivity contribution < 1.29 is 143 Å². The van der Waals surface area contributed by atoms with Crippen molar-refractivity contribution in [2.45, 2.75) is 0 Å². The molecule has 8 nitrogen and oxygen atoms in total. The Morgan fingerprint density at radius 2 is 0.875 bits per heavy atom. The van der Waals surface area contributed by atoms with Gasteiger partial charge in [0.25, 0.3) is 0 Å². The molecule has 0 heterocycles. The number of benzene rings is 4. The standard InChI is InChI=1S/2C11H8O4.2K/c2*12-9-5-8(11(14)15)10(13)7-4-2-1-3-6(7)9;;/h2*1-5,12-13H,(H,14,15);;/q;;2*+1/p-2. The second-order valence-electron chi connectivity index (χ2n) is 6.25. The van der Waals surface area contributed by atoms with Gasteiger partial charge in [-0.15, -0.1) is 0 Å². The molecule has 4 aromatic rings. The summed E-state index contributed by atoms with van der Waals surface area (Å²) in [5.41, 5.74) is -0.822. The molecule has 0 atom stereocenters. The minimum atomic E-state index is -1.33. The van der Waals surface area contributed by atoms with Crippen LogP contribution in [0, 0.1) is 0 Å². The van der Waals surface area contributed by atoms with Gasteiger partial charge in [-0.05, 0) is 22.9 Å². The van der Waals surface area contributed by atoms with E-state index < -0.39 is 34.6 Å². The van der Waals surface area contributed by atoms with Crippen LogP contribution in [0.5, 0.6) is 23.0 Å². The fourth-order valence-electron chi connectivity index (χ4n) is 2.98. The van der Waals surface area contributed by atoms with E-state index in [1.807, 2.05) is 0 Å². The zero-order chi connectivity index (χ0) is 22.0. The molecule has 0 saturated heterocycles. The van der Waals surface area contributed by atoms with Gasteiger partial charge in [0.15, 0.2) is 0 Å². The van der Waals surface area contributed by atoms with Crippen LogP contribution in [0.4, 0.5) is 0 Å². The Labute approximate surface area is 267 Å². The summed E-state index contributed by atoms with van der Waals surface area (Å²) in [6, 6.07) is 14.6. The average Bonchev–Trinajstić information content (AvgIpc) is 2.73. The van der Waals surface area contributed by atoms with Crippen LogP contribution in [0.15, 0.2) is 60.7 Å². The van der Waals surface area contributed by atoms with E-state index in [2.05, 4.69) is 0 Å². The fourth-order valence-corrected chi connectivity index (χ4v) is 2.98. The monoisotopic (exact) mass is 484 g/mol. The first-order valence-corrected chi connectivity index (χ1v) is 8.52. The third kappa shape index (κ3) is 6.03. The van der Waals surface area contributed by atoms with Crippen LogP contribution >= 0.6 is 0 Å². The van der Waals surface area contributed by atoms with Gasteiger partial charge < -0.3 is 30.6 Å². The Hall–Kier alpha value is -1.19. The molecule has 0 saturated carbocycles. The van der Waals surface area contributed by atoms with Crippen molar-refractivity contribution in [2.75, 3.05) is 0 Å². The smallest absolute Gasteiger partial charge is 0.871 e. The van der Waals surface area contributed by atoms with E-state index in [1.165, 1.54) is 12.1 Å². The number of carboxylic acid groups (broad SMARTS) is 2. The largest absolute Gasteiger partial charge is 1.00 e. The van der Waals surface area contributed by atoms with E-state index >= 15 is 0 Å². The molecule has 0 aliphatic heterocycles. The molecule has 0 unspecified atom stereocenters. The molecule has 32 heavy (non-hydrogen) atoms. The summed E-state index contributed by atoms with van der Waals surface area (Å²) in [6.45, 7) is 0. The van der Waals surface area contributed by atoms with Gasteiger partial charge in [-0.3, -0.25) is 0 Å². The second kappa shape index (κ2) is 12.3. The Bertz CT molecular complexity index is 1200. The Kier molecular flexibility index (Phi) is 11.1. The van der Waals surface area contributed by atoms with Crippen molar-refractivity contribution in [3.63, 3.8) is 0 Å². The van der Waals surface area contributed by atoms with E-state index in [9.17, 15) is 30.0 Å². The number of rotatable bonds is 2. The van der Waals surface area contributed by atoms with Crippen LogP contribution in [0.1, 0.15) is 20.7 Å². The summed E-state index contributed by atoms with van der Waals surface area (Å²) < 4.78 is 0. The fraction of sp³-hybridized carbons (Fsp3) is 0. The van der Waals surface area contributed by atoms with Gasteiger partial charge >= 0.3 is 115 Å². The van der Waals surface area contributed by atoms with Crippen LogP contribution in [-0.4, -0.2) is 32.4 Å². The van der Waals surface area contributed by atoms with Crippen LogP contribution in [0.3, 0.4) is 0 Å². The predicted octanol–water partition coefficient (Wildman–Crippen LogP) is -3.36. The minimum Gasteiger partial charge on any atom is -0.871 e. The molecule has 0 aliphatic rings. The average molecular weight is 485 g/mol. The SMILES string of the molecule is O=C(O)c1cc(O)c2ccccc2c1[O-].O=C(O)c1cc(O)c2ccccc2c1[O-].[K+].[K+]. The molecule has 0 aliphatic carbocycles. The van der Waals surface area contributed by atoms with Gasteiger partial charge in [0.2, 0.25) is 0 Å². The zero-order valence-electron chi connectivity index (χ0n) is 17.2. The van der Waals surface area contributed by atoms with E-state index in [1.54, 1.807) is 36.4 Å². The maximum Gasteiger partial charge on any atom is 1.00 e. The van der Waals surface area contributed by atoms with Gasteiger partial charge in [-0.1, -0.05) is 60.0 Å². The predicted molar refractivity (Wildman–Crippen MR) is 104 cm³/mol. The number of hydrogen-bond donors (Lipinski definition) is 4. The molecular weight excluding hydrogens is 470 g/mol. The van der Waals surface area contributed by atoms with E-state index in [0.29, 0.717) is 10.8 Å². The summed E-state index contributed by atoms with van der Waals surface area (Å²) >= 11 is 0. The quantitative estimate of drug-likeness (QED) is 0.215. The molecule has 0 aromatic heterocycles. The summed E-state index contributed by atoms with van der Waals surface area (Å²) in [6.07, 6.45) is 0. The summed E-state index contributed by atoms with van der Waals surface area (Å²) in [7, 11) is 0. The molecule has 0 fully saturated rings. The molecular formula is C22H14K2O8. The topological polar surface area (TPSA) is 161 Å². The number of aromatic carboxylic acids is 2. The summed E-state index contributed by atoms with van der Waals surface area (Å²) in [5, 5.41) is 61.0. The maximum atomic E-state index is 11.6. The van der Waals surface area contributed by atoms with Gasteiger partial charge in [0.05, 0.1) is 11.1 Å². The van der Waals surface area contributed by atoms with Crippen LogP contribution in [-0.2, 0) is 0 Å². The van der Waals surface area contributed by atoms with Gasteiger partial charge in [-0.2, -0.15) is 0 Å². The third-order valence-corrected chi connectivity index (χ3v) is 4.41. The molecule has 4 aromatic carbocycles. The number of phenols is 2. The minimum absolute atomic E-state index is 0. The number of phenolic OH excluding ortho intramolecular Hbond substituents is 2. The number of carbonyl (C=O) groups is 2. The maximum absolute atomic E-state index is 11.6. The molecule has 10 heteroatoms.